The van der Waals surface area contributed by atoms with E-state index >= 15 is 0 Å². The van der Waals surface area contributed by atoms with Crippen molar-refractivity contribution in [1.82, 2.24) is 4.90 Å². The second-order valence-corrected chi connectivity index (χ2v) is 9.91. The van der Waals surface area contributed by atoms with Crippen LogP contribution < -0.4 is 9.47 Å². The molecule has 1 aliphatic rings. The van der Waals surface area contributed by atoms with Crippen molar-refractivity contribution in [1.29, 1.82) is 0 Å². The summed E-state index contributed by atoms with van der Waals surface area (Å²) in [5, 5.41) is 8.84. The molecule has 1 heterocycles. The zero-order valence-corrected chi connectivity index (χ0v) is 23.1. The number of carboxylic acid groups (broad SMARTS) is 1. The van der Waals surface area contributed by atoms with Crippen molar-refractivity contribution < 1.29 is 24.1 Å². The average molecular weight is 544 g/mol. The fourth-order valence-corrected chi connectivity index (χ4v) is 4.56. The van der Waals surface area contributed by atoms with Crippen LogP contribution in [0.5, 0.6) is 11.5 Å². The molecule has 0 aliphatic carbocycles. The summed E-state index contributed by atoms with van der Waals surface area (Å²) in [7, 11) is 0. The van der Waals surface area contributed by atoms with Crippen LogP contribution in [-0.4, -0.2) is 68.3 Å². The fraction of sp³-hybridized carbons (Fsp3) is 0.281. The number of ether oxygens (including phenoxy) is 3. The van der Waals surface area contributed by atoms with E-state index in [2.05, 4.69) is 77.6 Å². The van der Waals surface area contributed by atoms with Gasteiger partial charge in [0, 0.05) is 23.5 Å². The molecule has 0 aromatic heterocycles. The third kappa shape index (κ3) is 8.66. The molecular formula is C32H33NO5S. The molecular weight excluding hydrogens is 510 g/mol. The summed E-state index contributed by atoms with van der Waals surface area (Å²) in [5.74, 6) is 6.78. The Labute approximate surface area is 234 Å². The van der Waals surface area contributed by atoms with Gasteiger partial charge in [0.1, 0.15) is 18.1 Å². The minimum absolute atomic E-state index is 0.371. The lowest BCUT2D eigenvalue weighted by Gasteiger charge is -2.24. The maximum atomic E-state index is 10.8. The zero-order valence-electron chi connectivity index (χ0n) is 22.3. The molecule has 0 radical (unpaired) electrons. The Balaban J connectivity index is 1.48. The van der Waals surface area contributed by atoms with Crippen LogP contribution in [0, 0.1) is 18.8 Å². The molecule has 1 aliphatic heterocycles. The quantitative estimate of drug-likeness (QED) is 0.272. The first kappa shape index (κ1) is 28.3. The molecule has 202 valence electrons. The number of hydrogen-bond donors (Lipinski definition) is 1. The second-order valence-electron chi connectivity index (χ2n) is 9.03. The van der Waals surface area contributed by atoms with Gasteiger partial charge in [0.15, 0.2) is 6.61 Å². The Bertz CT molecular complexity index is 1330. The van der Waals surface area contributed by atoms with E-state index in [4.69, 9.17) is 19.3 Å². The lowest BCUT2D eigenvalue weighted by Crippen LogP contribution is -2.36. The van der Waals surface area contributed by atoms with Gasteiger partial charge in [-0.25, -0.2) is 4.79 Å². The molecule has 39 heavy (non-hydrogen) atoms. The van der Waals surface area contributed by atoms with Gasteiger partial charge in [-0.3, -0.25) is 4.90 Å². The third-order valence-corrected chi connectivity index (χ3v) is 7.01. The lowest BCUT2D eigenvalue weighted by atomic mass is 9.97. The smallest absolute Gasteiger partial charge is 0.341 e. The largest absolute Gasteiger partial charge is 0.489 e. The average Bonchev–Trinajstić information content (AvgIpc) is 2.96. The summed E-state index contributed by atoms with van der Waals surface area (Å²) >= 11 is 1.71. The molecule has 0 amide bonds. The number of benzene rings is 3. The van der Waals surface area contributed by atoms with Crippen molar-refractivity contribution in [3.05, 3.63) is 95.1 Å². The second kappa shape index (κ2) is 14.5. The highest BCUT2D eigenvalue weighted by molar-refractivity contribution is 7.98. The number of carbonyl (C=O) groups is 1. The normalized spacial score (nSPS) is 13.8. The van der Waals surface area contributed by atoms with Crippen molar-refractivity contribution in [3.63, 3.8) is 0 Å². The van der Waals surface area contributed by atoms with Crippen molar-refractivity contribution >= 4 is 23.3 Å². The molecule has 0 atom stereocenters. The first-order chi connectivity index (χ1) is 19.0. The predicted molar refractivity (Wildman–Crippen MR) is 156 cm³/mol. The van der Waals surface area contributed by atoms with E-state index in [0.29, 0.717) is 18.1 Å². The standard InChI is InChI=1S/C32H33NO5S/c1-24-22-28(11-14-31(24)38-23-32(34)35)37-19-15-30(27-9-12-29(39-2)13-10-27)26-7-5-25(6-8-26)4-3-16-33-17-20-36-21-18-33/h5-15,22H,16-21,23H2,1-2H3,(H,34,35)/b30-15+. The molecule has 1 saturated heterocycles. The SMILES string of the molecule is CSc1ccc(/C(=C/COc2ccc(OCC(=O)O)c(C)c2)c2ccc(C#CCN3CCOCC3)cc2)cc1. The van der Waals surface area contributed by atoms with Gasteiger partial charge < -0.3 is 19.3 Å². The van der Waals surface area contributed by atoms with Gasteiger partial charge in [-0.2, -0.15) is 0 Å². The van der Waals surface area contributed by atoms with E-state index < -0.39 is 5.97 Å². The molecule has 0 spiro atoms. The van der Waals surface area contributed by atoms with E-state index in [9.17, 15) is 4.79 Å². The van der Waals surface area contributed by atoms with Crippen molar-refractivity contribution in [3.8, 4) is 23.3 Å². The summed E-state index contributed by atoms with van der Waals surface area (Å²) < 4.78 is 16.7. The van der Waals surface area contributed by atoms with Crippen LogP contribution in [0.3, 0.4) is 0 Å². The minimum Gasteiger partial charge on any atom is -0.489 e. The highest BCUT2D eigenvalue weighted by Gasteiger charge is 2.09. The maximum absolute atomic E-state index is 10.8. The molecule has 3 aromatic carbocycles. The number of rotatable bonds is 10. The van der Waals surface area contributed by atoms with Crippen LogP contribution in [0.2, 0.25) is 0 Å². The number of hydrogen-bond acceptors (Lipinski definition) is 6. The van der Waals surface area contributed by atoms with Gasteiger partial charge in [0.25, 0.3) is 0 Å². The Morgan fingerprint density at radius 2 is 1.72 bits per heavy atom. The highest BCUT2D eigenvalue weighted by atomic mass is 32.2. The van der Waals surface area contributed by atoms with Crippen LogP contribution in [-0.2, 0) is 9.53 Å². The summed E-state index contributed by atoms with van der Waals surface area (Å²) in [5.41, 5.74) is 5.07. The van der Waals surface area contributed by atoms with Crippen LogP contribution in [0.4, 0.5) is 0 Å². The predicted octanol–water partition coefficient (Wildman–Crippen LogP) is 5.37. The van der Waals surface area contributed by atoms with E-state index in [-0.39, 0.29) is 6.61 Å². The van der Waals surface area contributed by atoms with Crippen LogP contribution >= 0.6 is 11.8 Å². The number of morpholine rings is 1. The number of aliphatic carboxylic acids is 1. The molecule has 3 aromatic rings. The van der Waals surface area contributed by atoms with E-state index in [1.165, 1.54) is 4.90 Å². The molecule has 1 N–H and O–H groups in total. The Morgan fingerprint density at radius 1 is 1.03 bits per heavy atom. The topological polar surface area (TPSA) is 68.2 Å². The molecule has 0 bridgehead atoms. The summed E-state index contributed by atoms with van der Waals surface area (Å²) in [6, 6.07) is 22.2. The molecule has 0 saturated carbocycles. The monoisotopic (exact) mass is 543 g/mol. The van der Waals surface area contributed by atoms with Crippen LogP contribution in [0.15, 0.2) is 77.7 Å². The third-order valence-electron chi connectivity index (χ3n) is 6.27. The Kier molecular flexibility index (Phi) is 10.5. The Morgan fingerprint density at radius 3 is 2.36 bits per heavy atom. The number of aryl methyl sites for hydroxylation is 1. The summed E-state index contributed by atoms with van der Waals surface area (Å²) in [6.07, 6.45) is 4.15. The fourth-order valence-electron chi connectivity index (χ4n) is 4.15. The van der Waals surface area contributed by atoms with Crippen LogP contribution in [0.25, 0.3) is 5.57 Å². The zero-order chi connectivity index (χ0) is 27.5. The van der Waals surface area contributed by atoms with E-state index in [1.807, 2.05) is 13.0 Å². The maximum Gasteiger partial charge on any atom is 0.341 e. The first-order valence-corrected chi connectivity index (χ1v) is 14.1. The molecule has 0 unspecified atom stereocenters. The van der Waals surface area contributed by atoms with Gasteiger partial charge >= 0.3 is 5.97 Å². The molecule has 6 nitrogen and oxygen atoms in total. The molecule has 1 fully saturated rings. The highest BCUT2D eigenvalue weighted by Crippen LogP contribution is 2.27. The van der Waals surface area contributed by atoms with Gasteiger partial charge in [-0.05, 0) is 84.0 Å². The number of nitrogens with zero attached hydrogens (tertiary/aromatic N) is 1. The van der Waals surface area contributed by atoms with Gasteiger partial charge in [-0.1, -0.05) is 36.1 Å². The molecule has 4 rings (SSSR count). The van der Waals surface area contributed by atoms with Crippen molar-refractivity contribution in [2.24, 2.45) is 0 Å². The first-order valence-electron chi connectivity index (χ1n) is 12.8. The Hall–Kier alpha value is -3.70. The van der Waals surface area contributed by atoms with Crippen LogP contribution in [0.1, 0.15) is 22.3 Å². The summed E-state index contributed by atoms with van der Waals surface area (Å²) in [6.45, 7) is 6.03. The van der Waals surface area contributed by atoms with Crippen molar-refractivity contribution in [2.45, 2.75) is 11.8 Å². The summed E-state index contributed by atoms with van der Waals surface area (Å²) in [4.78, 5) is 14.3. The molecule has 7 heteroatoms. The van der Waals surface area contributed by atoms with Gasteiger partial charge in [0.2, 0.25) is 0 Å². The van der Waals surface area contributed by atoms with Gasteiger partial charge in [0.05, 0.1) is 19.8 Å². The van der Waals surface area contributed by atoms with Crippen molar-refractivity contribution in [2.75, 3.05) is 52.3 Å². The van der Waals surface area contributed by atoms with E-state index in [0.717, 1.165) is 60.7 Å². The number of thioether (sulfide) groups is 1. The van der Waals surface area contributed by atoms with Gasteiger partial charge in [-0.15, -0.1) is 11.8 Å². The van der Waals surface area contributed by atoms with E-state index in [1.54, 1.807) is 23.9 Å². The number of carboxylic acids is 1. The lowest BCUT2D eigenvalue weighted by molar-refractivity contribution is -0.139. The minimum atomic E-state index is -1.01.